The smallest absolute Gasteiger partial charge is 0.254 e. The third kappa shape index (κ3) is 1.94. The molecule has 2 aromatic rings. The number of benzene rings is 1. The van der Waals surface area contributed by atoms with Crippen LogP contribution in [0.3, 0.4) is 0 Å². The molecule has 0 aliphatic heterocycles. The fourth-order valence-corrected chi connectivity index (χ4v) is 2.31. The van der Waals surface area contributed by atoms with Gasteiger partial charge in [0, 0.05) is 5.92 Å². The van der Waals surface area contributed by atoms with E-state index in [0.717, 1.165) is 18.7 Å². The monoisotopic (exact) mass is 231 g/mol. The predicted octanol–water partition coefficient (Wildman–Crippen LogP) is 1.34. The van der Waals surface area contributed by atoms with E-state index in [-0.39, 0.29) is 6.61 Å². The van der Waals surface area contributed by atoms with Crippen LogP contribution in [0.25, 0.3) is 0 Å². The molecule has 0 spiro atoms. The number of fused-ring (bicyclic) bond motifs is 1. The highest BCUT2D eigenvalue weighted by Gasteiger charge is 2.26. The third-order valence-corrected chi connectivity index (χ3v) is 3.11. The lowest BCUT2D eigenvalue weighted by molar-refractivity contribution is 0.0995. The summed E-state index contributed by atoms with van der Waals surface area (Å²) in [6, 6.07) is 8.43. The van der Waals surface area contributed by atoms with Gasteiger partial charge in [-0.05, 0) is 24.0 Å². The van der Waals surface area contributed by atoms with Crippen LogP contribution < -0.4 is 5.90 Å². The summed E-state index contributed by atoms with van der Waals surface area (Å²) in [5.41, 5.74) is 2.75. The maximum Gasteiger partial charge on any atom is 0.254 e. The third-order valence-electron chi connectivity index (χ3n) is 3.11. The van der Waals surface area contributed by atoms with Crippen molar-refractivity contribution in [1.29, 1.82) is 0 Å². The first kappa shape index (κ1) is 10.4. The van der Waals surface area contributed by atoms with E-state index >= 15 is 0 Å². The van der Waals surface area contributed by atoms with Crippen molar-refractivity contribution in [2.45, 2.75) is 25.4 Å². The summed E-state index contributed by atoms with van der Waals surface area (Å²) in [4.78, 5) is 8.75. The van der Waals surface area contributed by atoms with Crippen molar-refractivity contribution in [3.63, 3.8) is 0 Å². The second-order valence-corrected chi connectivity index (χ2v) is 4.23. The summed E-state index contributed by atoms with van der Waals surface area (Å²) in [6.07, 6.45) is 1.94. The Kier molecular flexibility index (Phi) is 2.62. The molecule has 1 aromatic carbocycles. The van der Waals surface area contributed by atoms with Crippen LogP contribution >= 0.6 is 0 Å². The first-order chi connectivity index (χ1) is 8.36. The first-order valence-corrected chi connectivity index (χ1v) is 5.58. The van der Waals surface area contributed by atoms with Crippen LogP contribution in [0.5, 0.6) is 0 Å². The molecule has 0 unspecified atom stereocenters. The van der Waals surface area contributed by atoms with Gasteiger partial charge in [0.15, 0.2) is 5.82 Å². The number of nitrogens with two attached hydrogens (primary N) is 1. The molecule has 0 saturated heterocycles. The van der Waals surface area contributed by atoms with E-state index < -0.39 is 0 Å². The van der Waals surface area contributed by atoms with Crippen molar-refractivity contribution in [3.8, 4) is 0 Å². The second-order valence-electron chi connectivity index (χ2n) is 4.23. The lowest BCUT2D eigenvalue weighted by Gasteiger charge is -2.00. The molecule has 5 nitrogen and oxygen atoms in total. The summed E-state index contributed by atoms with van der Waals surface area (Å²) in [5, 5.41) is 3.98. The van der Waals surface area contributed by atoms with Gasteiger partial charge in [0.2, 0.25) is 0 Å². The Morgan fingerprint density at radius 3 is 2.65 bits per heavy atom. The predicted molar refractivity (Wildman–Crippen MR) is 59.9 cm³/mol. The van der Waals surface area contributed by atoms with Crippen LogP contribution in [0.4, 0.5) is 0 Å². The summed E-state index contributed by atoms with van der Waals surface area (Å²) < 4.78 is 5.05. The van der Waals surface area contributed by atoms with E-state index in [9.17, 15) is 0 Å². The fraction of sp³-hybridized carbons (Fsp3) is 0.333. The molecule has 1 aliphatic rings. The van der Waals surface area contributed by atoms with Gasteiger partial charge in [-0.2, -0.15) is 4.98 Å². The van der Waals surface area contributed by atoms with Crippen LogP contribution in [-0.4, -0.2) is 10.1 Å². The quantitative estimate of drug-likeness (QED) is 0.807. The zero-order chi connectivity index (χ0) is 11.7. The van der Waals surface area contributed by atoms with E-state index in [1.54, 1.807) is 0 Å². The largest absolute Gasteiger partial charge is 0.337 e. The maximum absolute atomic E-state index is 5.05. The molecule has 88 valence electrons. The van der Waals surface area contributed by atoms with Gasteiger partial charge < -0.3 is 4.52 Å². The summed E-state index contributed by atoms with van der Waals surface area (Å²) in [7, 11) is 0. The van der Waals surface area contributed by atoms with E-state index in [0.29, 0.717) is 11.8 Å². The highest BCUT2D eigenvalue weighted by molar-refractivity contribution is 5.34. The molecule has 1 aromatic heterocycles. The SMILES string of the molecule is NOCc1nc(C2Cc3ccccc3C2)no1. The highest BCUT2D eigenvalue weighted by Crippen LogP contribution is 2.32. The Balaban J connectivity index is 1.79. The average Bonchev–Trinajstić information content (AvgIpc) is 2.94. The maximum atomic E-state index is 5.05. The van der Waals surface area contributed by atoms with Crippen molar-refractivity contribution >= 4 is 0 Å². The van der Waals surface area contributed by atoms with Crippen molar-refractivity contribution < 1.29 is 9.36 Å². The number of hydrogen-bond acceptors (Lipinski definition) is 5. The van der Waals surface area contributed by atoms with E-state index in [1.807, 2.05) is 0 Å². The number of hydrogen-bond donors (Lipinski definition) is 1. The Morgan fingerprint density at radius 1 is 1.29 bits per heavy atom. The number of nitrogens with zero attached hydrogens (tertiary/aromatic N) is 2. The Labute approximate surface area is 98.5 Å². The fourth-order valence-electron chi connectivity index (χ4n) is 2.31. The van der Waals surface area contributed by atoms with Crippen molar-refractivity contribution in [2.75, 3.05) is 0 Å². The van der Waals surface area contributed by atoms with Gasteiger partial charge in [-0.15, -0.1) is 0 Å². The average molecular weight is 231 g/mol. The zero-order valence-electron chi connectivity index (χ0n) is 9.30. The molecule has 0 radical (unpaired) electrons. The minimum absolute atomic E-state index is 0.159. The molecule has 5 heteroatoms. The van der Waals surface area contributed by atoms with E-state index in [1.165, 1.54) is 11.1 Å². The van der Waals surface area contributed by atoms with E-state index in [2.05, 4.69) is 39.2 Å². The van der Waals surface area contributed by atoms with Crippen LogP contribution in [0.1, 0.15) is 28.8 Å². The highest BCUT2D eigenvalue weighted by atomic mass is 16.6. The molecular weight excluding hydrogens is 218 g/mol. The zero-order valence-corrected chi connectivity index (χ0v) is 9.30. The first-order valence-electron chi connectivity index (χ1n) is 5.58. The lowest BCUT2D eigenvalue weighted by Crippen LogP contribution is -2.02. The van der Waals surface area contributed by atoms with Crippen molar-refractivity contribution in [2.24, 2.45) is 5.90 Å². The summed E-state index contributed by atoms with van der Waals surface area (Å²) >= 11 is 0. The van der Waals surface area contributed by atoms with Crippen LogP contribution in [-0.2, 0) is 24.3 Å². The molecule has 17 heavy (non-hydrogen) atoms. The lowest BCUT2D eigenvalue weighted by atomic mass is 10.1. The minimum atomic E-state index is 0.159. The Hall–Kier alpha value is -1.72. The molecule has 0 atom stereocenters. The number of aromatic nitrogens is 2. The summed E-state index contributed by atoms with van der Waals surface area (Å²) in [6.45, 7) is 0.159. The Bertz CT molecular complexity index is 499. The topological polar surface area (TPSA) is 74.2 Å². The normalized spacial score (nSPS) is 15.1. The molecule has 0 amide bonds. The van der Waals surface area contributed by atoms with Gasteiger partial charge in [0.25, 0.3) is 5.89 Å². The minimum Gasteiger partial charge on any atom is -0.337 e. The molecule has 1 heterocycles. The second kappa shape index (κ2) is 4.27. The molecule has 2 N–H and O–H groups in total. The Morgan fingerprint density at radius 2 is 2.00 bits per heavy atom. The van der Waals surface area contributed by atoms with Gasteiger partial charge in [-0.3, -0.25) is 4.84 Å². The van der Waals surface area contributed by atoms with Gasteiger partial charge >= 0.3 is 0 Å². The molecule has 1 aliphatic carbocycles. The van der Waals surface area contributed by atoms with Crippen molar-refractivity contribution in [3.05, 3.63) is 47.1 Å². The van der Waals surface area contributed by atoms with Gasteiger partial charge in [0.05, 0.1) is 0 Å². The van der Waals surface area contributed by atoms with Crippen LogP contribution in [0, 0.1) is 0 Å². The molecule has 3 rings (SSSR count). The van der Waals surface area contributed by atoms with Gasteiger partial charge in [0.1, 0.15) is 6.61 Å². The molecule has 0 bridgehead atoms. The molecular formula is C12H13N3O2. The van der Waals surface area contributed by atoms with Gasteiger partial charge in [-0.25, -0.2) is 5.90 Å². The standard InChI is InChI=1S/C12H13N3O2/c13-16-7-11-14-12(15-17-11)10-5-8-3-1-2-4-9(8)6-10/h1-4,10H,5-7,13H2. The summed E-state index contributed by atoms with van der Waals surface area (Å²) in [5.74, 6) is 6.45. The van der Waals surface area contributed by atoms with Crippen molar-refractivity contribution in [1.82, 2.24) is 10.1 Å². The van der Waals surface area contributed by atoms with Crippen LogP contribution in [0.15, 0.2) is 28.8 Å². The molecule has 0 saturated carbocycles. The molecule has 0 fully saturated rings. The van der Waals surface area contributed by atoms with E-state index in [4.69, 9.17) is 10.4 Å². The van der Waals surface area contributed by atoms with Crippen LogP contribution in [0.2, 0.25) is 0 Å². The number of rotatable bonds is 3. The van der Waals surface area contributed by atoms with Gasteiger partial charge in [-0.1, -0.05) is 29.4 Å².